The highest BCUT2D eigenvalue weighted by Crippen LogP contribution is 2.17. The molecular weight excluding hydrogens is 208 g/mol. The first-order valence-electron chi connectivity index (χ1n) is 4.92. The van der Waals surface area contributed by atoms with Gasteiger partial charge in [-0.05, 0) is 5.41 Å². The molecule has 2 atom stereocenters. The van der Waals surface area contributed by atoms with E-state index >= 15 is 0 Å². The first-order chi connectivity index (χ1) is 7.20. The number of amides is 1. The van der Waals surface area contributed by atoms with Crippen molar-refractivity contribution in [2.24, 2.45) is 11.1 Å². The van der Waals surface area contributed by atoms with Crippen molar-refractivity contribution in [1.29, 1.82) is 0 Å². The van der Waals surface area contributed by atoms with Crippen molar-refractivity contribution in [3.63, 3.8) is 0 Å². The topological polar surface area (TPSA) is 92.4 Å². The molecule has 0 saturated carbocycles. The average Bonchev–Trinajstić information content (AvgIpc) is 2.14. The Morgan fingerprint density at radius 1 is 1.50 bits per heavy atom. The van der Waals surface area contributed by atoms with E-state index in [0.29, 0.717) is 0 Å². The van der Waals surface area contributed by atoms with Crippen LogP contribution in [-0.4, -0.2) is 29.1 Å². The molecule has 0 aliphatic carbocycles. The molecule has 0 rings (SSSR count). The van der Waals surface area contributed by atoms with Crippen LogP contribution in [-0.2, 0) is 9.59 Å². The predicted molar refractivity (Wildman–Crippen MR) is 60.4 cm³/mol. The lowest BCUT2D eigenvalue weighted by Gasteiger charge is -2.26. The summed E-state index contributed by atoms with van der Waals surface area (Å²) in [6.07, 6.45) is 4.95. The third-order valence-electron chi connectivity index (χ3n) is 2.15. The van der Waals surface area contributed by atoms with Crippen LogP contribution in [0.1, 0.15) is 27.2 Å². The number of hydrogen-bond donors (Lipinski definition) is 3. The van der Waals surface area contributed by atoms with E-state index in [4.69, 9.17) is 17.3 Å². The minimum atomic E-state index is -1.16. The first kappa shape index (κ1) is 14.5. The zero-order chi connectivity index (χ0) is 12.9. The number of nitrogens with two attached hydrogens (primary N) is 1. The Bertz CT molecular complexity index is 312. The number of carboxylic acid groups (broad SMARTS) is 1. The standard InChI is InChI=1S/C11H18N2O3/c1-5-6-7(10(15)16)13-9(14)8(12)11(2,3)4/h1,7-8H,6,12H2,2-4H3,(H,13,14)(H,15,16). The number of aliphatic carboxylic acids is 1. The van der Waals surface area contributed by atoms with E-state index in [2.05, 4.69) is 11.2 Å². The SMILES string of the molecule is C#CCC(NC(=O)C(N)C(C)(C)C)C(=O)O. The summed E-state index contributed by atoms with van der Waals surface area (Å²) in [5.74, 6) is 0.531. The number of terminal acetylenes is 1. The van der Waals surface area contributed by atoms with Crippen LogP contribution in [0.2, 0.25) is 0 Å². The number of rotatable bonds is 4. The van der Waals surface area contributed by atoms with Crippen molar-refractivity contribution in [1.82, 2.24) is 5.32 Å². The lowest BCUT2D eigenvalue weighted by molar-refractivity contribution is -0.142. The maximum absolute atomic E-state index is 11.6. The summed E-state index contributed by atoms with van der Waals surface area (Å²) in [6, 6.07) is -1.85. The van der Waals surface area contributed by atoms with Crippen LogP contribution in [0.25, 0.3) is 0 Å². The fourth-order valence-corrected chi connectivity index (χ4v) is 0.973. The zero-order valence-corrected chi connectivity index (χ0v) is 9.78. The highest BCUT2D eigenvalue weighted by molar-refractivity contribution is 5.87. The van der Waals surface area contributed by atoms with Crippen LogP contribution in [0.5, 0.6) is 0 Å². The minimum absolute atomic E-state index is 0.0576. The summed E-state index contributed by atoms with van der Waals surface area (Å²) >= 11 is 0. The second-order valence-corrected chi connectivity index (χ2v) is 4.65. The van der Waals surface area contributed by atoms with Crippen molar-refractivity contribution in [3.05, 3.63) is 0 Å². The molecule has 2 unspecified atom stereocenters. The Balaban J connectivity index is 4.54. The number of carbonyl (C=O) groups excluding carboxylic acids is 1. The van der Waals surface area contributed by atoms with E-state index in [9.17, 15) is 9.59 Å². The Kier molecular flexibility index (Phi) is 4.99. The molecule has 4 N–H and O–H groups in total. The van der Waals surface area contributed by atoms with E-state index < -0.39 is 29.4 Å². The average molecular weight is 226 g/mol. The Morgan fingerprint density at radius 3 is 2.31 bits per heavy atom. The van der Waals surface area contributed by atoms with Crippen molar-refractivity contribution >= 4 is 11.9 Å². The van der Waals surface area contributed by atoms with Gasteiger partial charge in [0.05, 0.1) is 6.04 Å². The number of carbonyl (C=O) groups is 2. The van der Waals surface area contributed by atoms with E-state index in [0.717, 1.165) is 0 Å². The molecule has 5 nitrogen and oxygen atoms in total. The molecular formula is C11H18N2O3. The molecule has 0 aromatic heterocycles. The maximum Gasteiger partial charge on any atom is 0.327 e. The Morgan fingerprint density at radius 2 is 2.00 bits per heavy atom. The molecule has 0 bridgehead atoms. The van der Waals surface area contributed by atoms with Gasteiger partial charge in [0.15, 0.2) is 0 Å². The summed E-state index contributed by atoms with van der Waals surface area (Å²) in [6.45, 7) is 5.40. The summed E-state index contributed by atoms with van der Waals surface area (Å²) in [4.78, 5) is 22.4. The van der Waals surface area contributed by atoms with Gasteiger partial charge in [0.2, 0.25) is 5.91 Å². The highest BCUT2D eigenvalue weighted by Gasteiger charge is 2.30. The molecule has 16 heavy (non-hydrogen) atoms. The number of nitrogens with one attached hydrogen (secondary N) is 1. The van der Waals surface area contributed by atoms with Gasteiger partial charge < -0.3 is 16.2 Å². The molecule has 0 fully saturated rings. The second kappa shape index (κ2) is 5.52. The fraction of sp³-hybridized carbons (Fsp3) is 0.636. The minimum Gasteiger partial charge on any atom is -0.480 e. The molecule has 1 amide bonds. The van der Waals surface area contributed by atoms with Gasteiger partial charge in [-0.1, -0.05) is 20.8 Å². The molecule has 0 spiro atoms. The maximum atomic E-state index is 11.6. The van der Waals surface area contributed by atoms with Crippen LogP contribution in [0.4, 0.5) is 0 Å². The van der Waals surface area contributed by atoms with E-state index in [-0.39, 0.29) is 6.42 Å². The molecule has 0 aliphatic heterocycles. The molecule has 0 heterocycles. The summed E-state index contributed by atoms with van der Waals surface area (Å²) in [7, 11) is 0. The normalized spacial score (nSPS) is 14.7. The molecule has 0 aliphatic rings. The Hall–Kier alpha value is -1.54. The molecule has 5 heteroatoms. The second-order valence-electron chi connectivity index (χ2n) is 4.65. The number of hydrogen-bond acceptors (Lipinski definition) is 3. The van der Waals surface area contributed by atoms with Gasteiger partial charge in [0.25, 0.3) is 0 Å². The predicted octanol–water partition coefficient (Wildman–Crippen LogP) is -0.0475. The zero-order valence-electron chi connectivity index (χ0n) is 9.78. The van der Waals surface area contributed by atoms with E-state index in [1.807, 2.05) is 0 Å². The largest absolute Gasteiger partial charge is 0.480 e. The van der Waals surface area contributed by atoms with E-state index in [1.54, 1.807) is 20.8 Å². The van der Waals surface area contributed by atoms with Crippen molar-refractivity contribution in [3.8, 4) is 12.3 Å². The molecule has 90 valence electrons. The smallest absolute Gasteiger partial charge is 0.327 e. The van der Waals surface area contributed by atoms with Gasteiger partial charge in [-0.25, -0.2) is 4.79 Å². The van der Waals surface area contributed by atoms with Gasteiger partial charge >= 0.3 is 5.97 Å². The first-order valence-corrected chi connectivity index (χ1v) is 4.92. The van der Waals surface area contributed by atoms with Gasteiger partial charge in [-0.2, -0.15) is 0 Å². The van der Waals surface area contributed by atoms with Gasteiger partial charge in [0.1, 0.15) is 6.04 Å². The van der Waals surface area contributed by atoms with Crippen LogP contribution < -0.4 is 11.1 Å². The van der Waals surface area contributed by atoms with Crippen LogP contribution in [0.3, 0.4) is 0 Å². The lowest BCUT2D eigenvalue weighted by Crippen LogP contribution is -2.53. The van der Waals surface area contributed by atoms with Gasteiger partial charge in [-0.3, -0.25) is 4.79 Å². The number of carboxylic acids is 1. The lowest BCUT2D eigenvalue weighted by atomic mass is 9.87. The summed E-state index contributed by atoms with van der Waals surface area (Å²) in [5, 5.41) is 11.1. The molecule has 0 aromatic rings. The third-order valence-corrected chi connectivity index (χ3v) is 2.15. The quantitative estimate of drug-likeness (QED) is 0.586. The van der Waals surface area contributed by atoms with Crippen LogP contribution in [0.15, 0.2) is 0 Å². The monoisotopic (exact) mass is 226 g/mol. The van der Waals surface area contributed by atoms with E-state index in [1.165, 1.54) is 0 Å². The molecule has 0 radical (unpaired) electrons. The molecule has 0 saturated heterocycles. The van der Waals surface area contributed by atoms with Crippen LogP contribution in [0, 0.1) is 17.8 Å². The van der Waals surface area contributed by atoms with Crippen molar-refractivity contribution in [2.75, 3.05) is 0 Å². The summed E-state index contributed by atoms with van der Waals surface area (Å²) in [5.41, 5.74) is 5.25. The Labute approximate surface area is 95.4 Å². The summed E-state index contributed by atoms with van der Waals surface area (Å²) < 4.78 is 0. The third kappa shape index (κ3) is 4.32. The fourth-order valence-electron chi connectivity index (χ4n) is 0.973. The van der Waals surface area contributed by atoms with Gasteiger partial charge in [-0.15, -0.1) is 12.3 Å². The molecule has 0 aromatic carbocycles. The highest BCUT2D eigenvalue weighted by atomic mass is 16.4. The van der Waals surface area contributed by atoms with Crippen molar-refractivity contribution in [2.45, 2.75) is 39.3 Å². The van der Waals surface area contributed by atoms with Crippen LogP contribution >= 0.6 is 0 Å². The van der Waals surface area contributed by atoms with Gasteiger partial charge in [0, 0.05) is 6.42 Å². The van der Waals surface area contributed by atoms with Crippen molar-refractivity contribution < 1.29 is 14.7 Å².